The first-order chi connectivity index (χ1) is 12.4. The lowest BCUT2D eigenvalue weighted by molar-refractivity contribution is -0.117. The number of nitrogens with one attached hydrogen (secondary N) is 2. The Labute approximate surface area is 156 Å². The van der Waals surface area contributed by atoms with Gasteiger partial charge in [-0.2, -0.15) is 0 Å². The van der Waals surface area contributed by atoms with Crippen LogP contribution in [0.25, 0.3) is 0 Å². The first kappa shape index (κ1) is 18.9. The highest BCUT2D eigenvalue weighted by atomic mass is 16.2. The van der Waals surface area contributed by atoms with Gasteiger partial charge in [-0.15, -0.1) is 0 Å². The van der Waals surface area contributed by atoms with Crippen LogP contribution >= 0.6 is 0 Å². The van der Waals surface area contributed by atoms with Gasteiger partial charge in [-0.1, -0.05) is 13.0 Å². The number of carbonyl (C=O) groups is 2. The number of carbonyl (C=O) groups excluding carboxylic acids is 2. The van der Waals surface area contributed by atoms with Crippen LogP contribution in [0, 0.1) is 17.8 Å². The van der Waals surface area contributed by atoms with Crippen molar-refractivity contribution < 1.29 is 9.59 Å². The molecule has 0 aromatic heterocycles. The molecule has 2 N–H and O–H groups in total. The summed E-state index contributed by atoms with van der Waals surface area (Å²) in [7, 11) is 0. The average Bonchev–Trinajstić information content (AvgIpc) is 3.37. The SMILES string of the molecule is CC1CC1C(=O)Nc1cccc(C(=O)NCC2CCCN(C(C)C)C2)c1. The largest absolute Gasteiger partial charge is 0.352 e. The normalized spacial score (nSPS) is 25.8. The van der Waals surface area contributed by atoms with Crippen molar-refractivity contribution in [1.29, 1.82) is 0 Å². The van der Waals surface area contributed by atoms with Crippen LogP contribution in [0.5, 0.6) is 0 Å². The predicted octanol–water partition coefficient (Wildman–Crippen LogP) is 3.13. The fourth-order valence-electron chi connectivity index (χ4n) is 3.73. The highest BCUT2D eigenvalue weighted by Gasteiger charge is 2.39. The van der Waals surface area contributed by atoms with E-state index in [1.54, 1.807) is 12.1 Å². The van der Waals surface area contributed by atoms with Crippen molar-refractivity contribution in [1.82, 2.24) is 10.2 Å². The van der Waals surface area contributed by atoms with E-state index in [9.17, 15) is 9.59 Å². The van der Waals surface area contributed by atoms with Gasteiger partial charge in [0.15, 0.2) is 0 Å². The van der Waals surface area contributed by atoms with Gasteiger partial charge in [0.2, 0.25) is 5.91 Å². The van der Waals surface area contributed by atoms with Gasteiger partial charge in [-0.25, -0.2) is 0 Å². The summed E-state index contributed by atoms with van der Waals surface area (Å²) in [6, 6.07) is 7.78. The lowest BCUT2D eigenvalue weighted by atomic mass is 9.97. The van der Waals surface area contributed by atoms with Gasteiger partial charge in [0, 0.05) is 36.3 Å². The minimum Gasteiger partial charge on any atom is -0.352 e. The Morgan fingerprint density at radius 1 is 1.31 bits per heavy atom. The summed E-state index contributed by atoms with van der Waals surface area (Å²) < 4.78 is 0. The molecule has 0 bridgehead atoms. The Bertz CT molecular complexity index is 658. The van der Waals surface area contributed by atoms with E-state index in [1.165, 1.54) is 12.8 Å². The van der Waals surface area contributed by atoms with Crippen LogP contribution in [0.2, 0.25) is 0 Å². The van der Waals surface area contributed by atoms with Crippen molar-refractivity contribution in [3.8, 4) is 0 Å². The van der Waals surface area contributed by atoms with Gasteiger partial charge in [0.05, 0.1) is 0 Å². The standard InChI is InChI=1S/C21H31N3O2/c1-14(2)24-9-5-6-16(13-24)12-22-20(25)17-7-4-8-18(11-17)23-21(26)19-10-15(19)3/h4,7-8,11,14-16,19H,5-6,9-10,12-13H2,1-3H3,(H,22,25)(H,23,26). The number of benzene rings is 1. The summed E-state index contributed by atoms with van der Waals surface area (Å²) in [5, 5.41) is 6.00. The maximum absolute atomic E-state index is 12.5. The lowest BCUT2D eigenvalue weighted by Gasteiger charge is -2.35. The summed E-state index contributed by atoms with van der Waals surface area (Å²) in [5.41, 5.74) is 1.30. The van der Waals surface area contributed by atoms with Crippen molar-refractivity contribution in [2.75, 3.05) is 25.0 Å². The van der Waals surface area contributed by atoms with Gasteiger partial charge in [0.25, 0.3) is 5.91 Å². The third kappa shape index (κ3) is 4.85. The van der Waals surface area contributed by atoms with Crippen LogP contribution in [0.4, 0.5) is 5.69 Å². The number of likely N-dealkylation sites (tertiary alicyclic amines) is 1. The lowest BCUT2D eigenvalue weighted by Crippen LogP contribution is -2.43. The van der Waals surface area contributed by atoms with E-state index < -0.39 is 0 Å². The van der Waals surface area contributed by atoms with Gasteiger partial charge in [0.1, 0.15) is 0 Å². The Morgan fingerprint density at radius 2 is 2.08 bits per heavy atom. The fraction of sp³-hybridized carbons (Fsp3) is 0.619. The monoisotopic (exact) mass is 357 g/mol. The molecular formula is C21H31N3O2. The topological polar surface area (TPSA) is 61.4 Å². The number of nitrogens with zero attached hydrogens (tertiary/aromatic N) is 1. The zero-order valence-electron chi connectivity index (χ0n) is 16.1. The molecule has 1 saturated heterocycles. The molecule has 3 rings (SSSR count). The maximum atomic E-state index is 12.5. The third-order valence-corrected chi connectivity index (χ3v) is 5.67. The first-order valence-corrected chi connectivity index (χ1v) is 9.87. The molecule has 2 fully saturated rings. The highest BCUT2D eigenvalue weighted by molar-refractivity contribution is 5.98. The zero-order valence-corrected chi connectivity index (χ0v) is 16.1. The minimum absolute atomic E-state index is 0.0611. The molecule has 142 valence electrons. The summed E-state index contributed by atoms with van der Waals surface area (Å²) in [4.78, 5) is 27.1. The summed E-state index contributed by atoms with van der Waals surface area (Å²) in [6.45, 7) is 9.45. The van der Waals surface area contributed by atoms with Crippen LogP contribution < -0.4 is 10.6 Å². The van der Waals surface area contributed by atoms with Crippen LogP contribution in [0.3, 0.4) is 0 Å². The maximum Gasteiger partial charge on any atom is 0.251 e. The van der Waals surface area contributed by atoms with Crippen molar-refractivity contribution in [3.63, 3.8) is 0 Å². The summed E-state index contributed by atoms with van der Waals surface area (Å²) in [5.74, 6) is 1.10. The molecule has 1 aromatic carbocycles. The van der Waals surface area contributed by atoms with Crippen molar-refractivity contribution in [3.05, 3.63) is 29.8 Å². The van der Waals surface area contributed by atoms with E-state index in [4.69, 9.17) is 0 Å². The summed E-state index contributed by atoms with van der Waals surface area (Å²) in [6.07, 6.45) is 3.32. The first-order valence-electron chi connectivity index (χ1n) is 9.87. The number of piperidine rings is 1. The highest BCUT2D eigenvalue weighted by Crippen LogP contribution is 2.38. The Balaban J connectivity index is 1.51. The zero-order chi connectivity index (χ0) is 18.7. The van der Waals surface area contributed by atoms with E-state index in [0.29, 0.717) is 35.7 Å². The van der Waals surface area contributed by atoms with Crippen LogP contribution in [0.1, 0.15) is 50.4 Å². The second kappa shape index (κ2) is 8.21. The number of hydrogen-bond donors (Lipinski definition) is 2. The molecule has 1 aromatic rings. The number of amides is 2. The van der Waals surface area contributed by atoms with Crippen LogP contribution in [-0.4, -0.2) is 42.4 Å². The number of anilines is 1. The van der Waals surface area contributed by atoms with Gasteiger partial charge >= 0.3 is 0 Å². The van der Waals surface area contributed by atoms with Gasteiger partial charge in [-0.05, 0) is 69.7 Å². The Kier molecular flexibility index (Phi) is 5.97. The molecule has 2 aliphatic rings. The van der Waals surface area contributed by atoms with E-state index in [0.717, 1.165) is 19.5 Å². The molecule has 5 heteroatoms. The van der Waals surface area contributed by atoms with E-state index in [-0.39, 0.29) is 17.7 Å². The molecule has 1 aliphatic heterocycles. The van der Waals surface area contributed by atoms with E-state index in [2.05, 4.69) is 36.3 Å². The predicted molar refractivity (Wildman–Crippen MR) is 104 cm³/mol. The van der Waals surface area contributed by atoms with Crippen molar-refractivity contribution in [2.24, 2.45) is 17.8 Å². The second-order valence-corrected chi connectivity index (χ2v) is 8.20. The van der Waals surface area contributed by atoms with E-state index in [1.807, 2.05) is 12.1 Å². The minimum atomic E-state index is -0.0671. The molecule has 3 atom stereocenters. The molecule has 0 radical (unpaired) electrons. The number of rotatable bonds is 6. The molecule has 0 spiro atoms. The molecule has 1 saturated carbocycles. The molecule has 3 unspecified atom stereocenters. The Hall–Kier alpha value is -1.88. The van der Waals surface area contributed by atoms with Gasteiger partial charge < -0.3 is 15.5 Å². The summed E-state index contributed by atoms with van der Waals surface area (Å²) >= 11 is 0. The van der Waals surface area contributed by atoms with Crippen molar-refractivity contribution >= 4 is 17.5 Å². The molecule has 1 heterocycles. The molecule has 5 nitrogen and oxygen atoms in total. The smallest absolute Gasteiger partial charge is 0.251 e. The fourth-order valence-corrected chi connectivity index (χ4v) is 3.73. The van der Waals surface area contributed by atoms with Crippen LogP contribution in [-0.2, 0) is 4.79 Å². The van der Waals surface area contributed by atoms with Gasteiger partial charge in [-0.3, -0.25) is 9.59 Å². The van der Waals surface area contributed by atoms with E-state index >= 15 is 0 Å². The van der Waals surface area contributed by atoms with Crippen LogP contribution in [0.15, 0.2) is 24.3 Å². The molecular weight excluding hydrogens is 326 g/mol. The number of hydrogen-bond acceptors (Lipinski definition) is 3. The average molecular weight is 357 g/mol. The molecule has 1 aliphatic carbocycles. The quantitative estimate of drug-likeness (QED) is 0.822. The third-order valence-electron chi connectivity index (χ3n) is 5.67. The molecule has 2 amide bonds. The van der Waals surface area contributed by atoms with Crippen molar-refractivity contribution in [2.45, 2.75) is 46.1 Å². The molecule has 26 heavy (non-hydrogen) atoms. The second-order valence-electron chi connectivity index (χ2n) is 8.20. The Morgan fingerprint density at radius 3 is 2.77 bits per heavy atom.